The van der Waals surface area contributed by atoms with Gasteiger partial charge in [0, 0.05) is 5.56 Å². The fourth-order valence-corrected chi connectivity index (χ4v) is 1.85. The molecule has 1 amide bonds. The first kappa shape index (κ1) is 18.0. The molecule has 7 nitrogen and oxygen atoms in total. The first-order valence-electron chi connectivity index (χ1n) is 7.39. The molecule has 0 saturated carbocycles. The maximum absolute atomic E-state index is 12.0. The van der Waals surface area contributed by atoms with Crippen LogP contribution in [0.15, 0.2) is 53.6 Å². The van der Waals surface area contributed by atoms with E-state index in [-0.39, 0.29) is 12.5 Å². The summed E-state index contributed by atoms with van der Waals surface area (Å²) in [6.45, 7) is -0.152. The fourth-order valence-electron chi connectivity index (χ4n) is 1.85. The largest absolute Gasteiger partial charge is 0.497 e. The Morgan fingerprint density at radius 3 is 2.52 bits per heavy atom. The number of benzene rings is 2. The van der Waals surface area contributed by atoms with Gasteiger partial charge in [-0.25, -0.2) is 10.2 Å². The van der Waals surface area contributed by atoms with Crippen molar-refractivity contribution in [3.05, 3.63) is 59.7 Å². The Hall–Kier alpha value is -3.35. The van der Waals surface area contributed by atoms with Crippen molar-refractivity contribution in [3.63, 3.8) is 0 Å². The normalized spacial score (nSPS) is 10.3. The molecule has 0 aliphatic rings. The quantitative estimate of drug-likeness (QED) is 0.472. The van der Waals surface area contributed by atoms with Crippen LogP contribution >= 0.6 is 0 Å². The number of methoxy groups -OCH3 is 2. The van der Waals surface area contributed by atoms with Gasteiger partial charge in [0.1, 0.15) is 11.5 Å². The molecule has 0 unspecified atom stereocenters. The summed E-state index contributed by atoms with van der Waals surface area (Å²) in [5.41, 5.74) is 3.65. The highest BCUT2D eigenvalue weighted by Crippen LogP contribution is 2.13. The smallest absolute Gasteiger partial charge is 0.343 e. The summed E-state index contributed by atoms with van der Waals surface area (Å²) in [5.74, 6) is 0.334. The maximum Gasteiger partial charge on any atom is 0.343 e. The lowest BCUT2D eigenvalue weighted by atomic mass is 10.2. The molecule has 25 heavy (non-hydrogen) atoms. The Morgan fingerprint density at radius 2 is 1.84 bits per heavy atom. The predicted octanol–water partition coefficient (Wildman–Crippen LogP) is 2.01. The molecule has 0 bridgehead atoms. The molecule has 2 rings (SSSR count). The van der Waals surface area contributed by atoms with Crippen molar-refractivity contribution < 1.29 is 23.8 Å². The van der Waals surface area contributed by atoms with Crippen LogP contribution in [0.25, 0.3) is 0 Å². The Bertz CT molecular complexity index is 756. The van der Waals surface area contributed by atoms with Crippen molar-refractivity contribution in [2.24, 2.45) is 5.10 Å². The zero-order chi connectivity index (χ0) is 18.1. The van der Waals surface area contributed by atoms with Gasteiger partial charge in [0.05, 0.1) is 20.4 Å². The number of rotatable bonds is 7. The van der Waals surface area contributed by atoms with Crippen LogP contribution in [0.1, 0.15) is 15.9 Å². The van der Waals surface area contributed by atoms with Gasteiger partial charge in [-0.3, -0.25) is 4.79 Å². The Labute approximate surface area is 145 Å². The van der Waals surface area contributed by atoms with E-state index in [1.165, 1.54) is 20.4 Å². The topological polar surface area (TPSA) is 86.2 Å². The second-order valence-corrected chi connectivity index (χ2v) is 4.86. The van der Waals surface area contributed by atoms with E-state index in [1.54, 1.807) is 48.5 Å². The summed E-state index contributed by atoms with van der Waals surface area (Å²) in [6.07, 6.45) is 1.50. The average Bonchev–Trinajstić information content (AvgIpc) is 2.67. The molecule has 1 N–H and O–H groups in total. The highest BCUT2D eigenvalue weighted by molar-refractivity contribution is 5.95. The van der Waals surface area contributed by atoms with E-state index in [9.17, 15) is 9.59 Å². The van der Waals surface area contributed by atoms with E-state index in [4.69, 9.17) is 9.47 Å². The number of esters is 1. The Kier molecular flexibility index (Phi) is 6.53. The molecular formula is C18H18N2O5. The Morgan fingerprint density at radius 1 is 1.08 bits per heavy atom. The number of hydrogen-bond donors (Lipinski definition) is 1. The highest BCUT2D eigenvalue weighted by Gasteiger charge is 2.05. The number of nitrogens with one attached hydrogen (secondary N) is 1. The summed E-state index contributed by atoms with van der Waals surface area (Å²) in [5, 5.41) is 3.91. The molecule has 7 heteroatoms. The number of carbonyl (C=O) groups excluding carboxylic acids is 2. The molecule has 2 aromatic rings. The van der Waals surface area contributed by atoms with Crippen LogP contribution < -0.4 is 14.9 Å². The van der Waals surface area contributed by atoms with E-state index in [1.807, 2.05) is 0 Å². The number of hydrazone groups is 1. The van der Waals surface area contributed by atoms with Gasteiger partial charge in [-0.2, -0.15) is 5.10 Å². The number of hydrogen-bond acceptors (Lipinski definition) is 6. The maximum atomic E-state index is 12.0. The molecular weight excluding hydrogens is 324 g/mol. The molecule has 0 aliphatic carbocycles. The van der Waals surface area contributed by atoms with Crippen molar-refractivity contribution in [1.29, 1.82) is 0 Å². The van der Waals surface area contributed by atoms with Crippen LogP contribution in [0.2, 0.25) is 0 Å². The van der Waals surface area contributed by atoms with Crippen LogP contribution in [-0.2, 0) is 9.53 Å². The molecule has 0 fully saturated rings. The van der Waals surface area contributed by atoms with Gasteiger partial charge in [-0.1, -0.05) is 6.07 Å². The number of carbonyl (C=O) groups is 2. The molecule has 0 heterocycles. The SMILES string of the molecule is COC(=O)COc1ccc(C=NNC(=O)c2cccc(OC)c2)cc1. The van der Waals surface area contributed by atoms with Crippen LogP contribution in [0.3, 0.4) is 0 Å². The standard InChI is InChI=1S/C18H18N2O5/c1-23-16-5-3-4-14(10-16)18(22)20-19-11-13-6-8-15(9-7-13)25-12-17(21)24-2/h3-11H,12H2,1-2H3,(H,20,22). The summed E-state index contributed by atoms with van der Waals surface area (Å²) in [7, 11) is 2.83. The van der Waals surface area contributed by atoms with Crippen LogP contribution in [0.5, 0.6) is 11.5 Å². The number of nitrogens with zero attached hydrogens (tertiary/aromatic N) is 1. The predicted molar refractivity (Wildman–Crippen MR) is 92.0 cm³/mol. The monoisotopic (exact) mass is 342 g/mol. The minimum atomic E-state index is -0.453. The second kappa shape index (κ2) is 9.07. The van der Waals surface area contributed by atoms with Gasteiger partial charge in [-0.15, -0.1) is 0 Å². The average molecular weight is 342 g/mol. The van der Waals surface area contributed by atoms with Gasteiger partial charge in [-0.05, 0) is 48.0 Å². The minimum absolute atomic E-state index is 0.152. The summed E-state index contributed by atoms with van der Waals surface area (Å²) >= 11 is 0. The third-order valence-corrected chi connectivity index (χ3v) is 3.18. The first-order valence-corrected chi connectivity index (χ1v) is 7.39. The van der Waals surface area contributed by atoms with E-state index in [0.717, 1.165) is 5.56 Å². The number of ether oxygens (including phenoxy) is 3. The van der Waals surface area contributed by atoms with Crippen molar-refractivity contribution in [1.82, 2.24) is 5.43 Å². The summed E-state index contributed by atoms with van der Waals surface area (Å²) < 4.78 is 14.8. The molecule has 0 aromatic heterocycles. The lowest BCUT2D eigenvalue weighted by Gasteiger charge is -2.04. The lowest BCUT2D eigenvalue weighted by molar-refractivity contribution is -0.142. The zero-order valence-electron chi connectivity index (χ0n) is 13.9. The molecule has 0 saturated heterocycles. The van der Waals surface area contributed by atoms with E-state index < -0.39 is 5.97 Å². The third kappa shape index (κ3) is 5.65. The van der Waals surface area contributed by atoms with Crippen LogP contribution in [0.4, 0.5) is 0 Å². The van der Waals surface area contributed by atoms with Gasteiger partial charge in [0.15, 0.2) is 6.61 Å². The van der Waals surface area contributed by atoms with E-state index >= 15 is 0 Å². The van der Waals surface area contributed by atoms with Crippen molar-refractivity contribution in [2.75, 3.05) is 20.8 Å². The first-order chi connectivity index (χ1) is 12.1. The van der Waals surface area contributed by atoms with E-state index in [0.29, 0.717) is 17.1 Å². The lowest BCUT2D eigenvalue weighted by Crippen LogP contribution is -2.17. The minimum Gasteiger partial charge on any atom is -0.497 e. The van der Waals surface area contributed by atoms with Crippen LogP contribution in [0, 0.1) is 0 Å². The van der Waals surface area contributed by atoms with Crippen LogP contribution in [-0.4, -0.2) is 38.9 Å². The van der Waals surface area contributed by atoms with E-state index in [2.05, 4.69) is 15.3 Å². The van der Waals surface area contributed by atoms with Crippen molar-refractivity contribution in [3.8, 4) is 11.5 Å². The molecule has 130 valence electrons. The molecule has 0 aliphatic heterocycles. The zero-order valence-corrected chi connectivity index (χ0v) is 13.9. The van der Waals surface area contributed by atoms with Gasteiger partial charge >= 0.3 is 5.97 Å². The van der Waals surface area contributed by atoms with Gasteiger partial charge in [0.25, 0.3) is 5.91 Å². The summed E-state index contributed by atoms with van der Waals surface area (Å²) in [6, 6.07) is 13.6. The van der Waals surface area contributed by atoms with Crippen molar-refractivity contribution in [2.45, 2.75) is 0 Å². The molecule has 0 radical (unpaired) electrons. The summed E-state index contributed by atoms with van der Waals surface area (Å²) in [4.78, 5) is 23.0. The molecule has 2 aromatic carbocycles. The fraction of sp³-hybridized carbons (Fsp3) is 0.167. The number of amides is 1. The third-order valence-electron chi connectivity index (χ3n) is 3.18. The van der Waals surface area contributed by atoms with Crippen molar-refractivity contribution >= 4 is 18.1 Å². The highest BCUT2D eigenvalue weighted by atomic mass is 16.6. The van der Waals surface area contributed by atoms with Gasteiger partial charge < -0.3 is 14.2 Å². The molecule has 0 spiro atoms. The molecule has 0 atom stereocenters. The van der Waals surface area contributed by atoms with Gasteiger partial charge in [0.2, 0.25) is 0 Å². The Balaban J connectivity index is 1.88. The second-order valence-electron chi connectivity index (χ2n) is 4.86.